The number of nitrogens with two attached hydrogens (primary N) is 1. The normalized spacial score (nSPS) is 11.7. The van der Waals surface area contributed by atoms with Crippen molar-refractivity contribution in [3.8, 4) is 0 Å². The lowest BCUT2D eigenvalue weighted by molar-refractivity contribution is 0.0945. The maximum atomic E-state index is 12.0. The van der Waals surface area contributed by atoms with Gasteiger partial charge in [0.05, 0.1) is 11.2 Å². The molecule has 102 valence electrons. The number of nitrogens with one attached hydrogen (secondary N) is 2. The smallest absolute Gasteiger partial charge is 0.267 e. The number of aromatic nitrogens is 1. The van der Waals surface area contributed by atoms with E-state index in [-0.39, 0.29) is 11.3 Å². The van der Waals surface area contributed by atoms with Crippen LogP contribution in [0.25, 0.3) is 10.9 Å². The maximum absolute atomic E-state index is 12.0. The average Bonchev–Trinajstić information content (AvgIpc) is 2.72. The summed E-state index contributed by atoms with van der Waals surface area (Å²) in [5, 5.41) is 3.88. The first-order valence-corrected chi connectivity index (χ1v) is 6.52. The zero-order valence-electron chi connectivity index (χ0n) is 11.7. The van der Waals surface area contributed by atoms with Gasteiger partial charge in [0.1, 0.15) is 5.69 Å². The van der Waals surface area contributed by atoms with Crippen molar-refractivity contribution in [2.75, 3.05) is 12.3 Å². The Hall–Kier alpha value is -1.97. The first-order valence-electron chi connectivity index (χ1n) is 6.52. The molecule has 1 heterocycles. The summed E-state index contributed by atoms with van der Waals surface area (Å²) in [4.78, 5) is 15.1. The third kappa shape index (κ3) is 3.28. The molecular formula is C15H21N3O. The molecule has 0 saturated carbocycles. The van der Waals surface area contributed by atoms with Crippen LogP contribution in [-0.4, -0.2) is 17.4 Å². The molecule has 1 amide bonds. The molecule has 19 heavy (non-hydrogen) atoms. The van der Waals surface area contributed by atoms with Gasteiger partial charge in [0.2, 0.25) is 0 Å². The fourth-order valence-electron chi connectivity index (χ4n) is 1.95. The monoisotopic (exact) mass is 259 g/mol. The molecule has 0 saturated heterocycles. The van der Waals surface area contributed by atoms with E-state index in [0.717, 1.165) is 17.3 Å². The second-order valence-electron chi connectivity index (χ2n) is 6.06. The minimum absolute atomic E-state index is 0.0835. The van der Waals surface area contributed by atoms with Crippen molar-refractivity contribution < 1.29 is 4.79 Å². The number of carbonyl (C=O) groups excluding carboxylic acids is 1. The quantitative estimate of drug-likeness (QED) is 0.742. The van der Waals surface area contributed by atoms with Crippen molar-refractivity contribution in [1.29, 1.82) is 0 Å². The van der Waals surface area contributed by atoms with E-state index in [1.54, 1.807) is 0 Å². The number of benzene rings is 1. The van der Waals surface area contributed by atoms with Crippen LogP contribution in [-0.2, 0) is 0 Å². The van der Waals surface area contributed by atoms with Crippen LogP contribution in [0.5, 0.6) is 0 Å². The Morgan fingerprint density at radius 2 is 2.11 bits per heavy atom. The third-order valence-electron chi connectivity index (χ3n) is 3.09. The molecule has 0 fully saturated rings. The zero-order chi connectivity index (χ0) is 14.0. The summed E-state index contributed by atoms with van der Waals surface area (Å²) in [6.07, 6.45) is 0.946. The molecule has 4 N–H and O–H groups in total. The van der Waals surface area contributed by atoms with Gasteiger partial charge in [-0.15, -0.1) is 0 Å². The lowest BCUT2D eigenvalue weighted by Gasteiger charge is -2.17. The highest BCUT2D eigenvalue weighted by Gasteiger charge is 2.13. The van der Waals surface area contributed by atoms with E-state index >= 15 is 0 Å². The van der Waals surface area contributed by atoms with Gasteiger partial charge >= 0.3 is 0 Å². The minimum atomic E-state index is -0.0835. The van der Waals surface area contributed by atoms with Gasteiger partial charge in [0.25, 0.3) is 5.91 Å². The Morgan fingerprint density at radius 1 is 1.37 bits per heavy atom. The minimum Gasteiger partial charge on any atom is -0.397 e. The van der Waals surface area contributed by atoms with Crippen LogP contribution in [0.15, 0.2) is 24.3 Å². The molecule has 0 aliphatic carbocycles. The highest BCUT2D eigenvalue weighted by molar-refractivity contribution is 6.00. The van der Waals surface area contributed by atoms with Gasteiger partial charge in [-0.1, -0.05) is 32.9 Å². The van der Waals surface area contributed by atoms with Gasteiger partial charge in [-0.3, -0.25) is 4.79 Å². The Kier molecular flexibility index (Phi) is 3.51. The second kappa shape index (κ2) is 4.96. The number of amides is 1. The van der Waals surface area contributed by atoms with Crippen molar-refractivity contribution in [3.05, 3.63) is 30.0 Å². The molecule has 0 aliphatic heterocycles. The molecule has 2 rings (SSSR count). The van der Waals surface area contributed by atoms with Crippen LogP contribution in [0.3, 0.4) is 0 Å². The van der Waals surface area contributed by atoms with E-state index in [4.69, 9.17) is 5.73 Å². The van der Waals surface area contributed by atoms with Gasteiger partial charge in [0.15, 0.2) is 0 Å². The van der Waals surface area contributed by atoms with Crippen LogP contribution in [0.2, 0.25) is 0 Å². The van der Waals surface area contributed by atoms with E-state index in [9.17, 15) is 4.79 Å². The molecule has 0 atom stereocenters. The van der Waals surface area contributed by atoms with Crippen LogP contribution in [0.4, 0.5) is 5.69 Å². The van der Waals surface area contributed by atoms with Gasteiger partial charge in [-0.2, -0.15) is 0 Å². The second-order valence-corrected chi connectivity index (χ2v) is 6.06. The summed E-state index contributed by atoms with van der Waals surface area (Å²) in [5.74, 6) is -0.0835. The fraction of sp³-hybridized carbons (Fsp3) is 0.400. The van der Waals surface area contributed by atoms with E-state index in [1.807, 2.05) is 24.3 Å². The predicted octanol–water partition coefficient (Wildman–Crippen LogP) is 2.92. The Morgan fingerprint density at radius 3 is 2.74 bits per heavy atom. The largest absolute Gasteiger partial charge is 0.397 e. The van der Waals surface area contributed by atoms with E-state index in [0.29, 0.717) is 17.9 Å². The van der Waals surface area contributed by atoms with Crippen molar-refractivity contribution in [1.82, 2.24) is 10.3 Å². The topological polar surface area (TPSA) is 70.9 Å². The highest BCUT2D eigenvalue weighted by Crippen LogP contribution is 2.21. The van der Waals surface area contributed by atoms with Crippen LogP contribution in [0, 0.1) is 5.41 Å². The van der Waals surface area contributed by atoms with Crippen molar-refractivity contribution in [2.24, 2.45) is 5.41 Å². The highest BCUT2D eigenvalue weighted by atomic mass is 16.1. The number of carbonyl (C=O) groups is 1. The van der Waals surface area contributed by atoms with Crippen molar-refractivity contribution in [3.63, 3.8) is 0 Å². The Balaban J connectivity index is 2.08. The zero-order valence-corrected chi connectivity index (χ0v) is 11.7. The Labute approximate surface area is 113 Å². The summed E-state index contributed by atoms with van der Waals surface area (Å²) < 4.78 is 0. The number of H-pyrrole nitrogens is 1. The van der Waals surface area contributed by atoms with Crippen LogP contribution in [0.1, 0.15) is 37.7 Å². The molecular weight excluding hydrogens is 238 g/mol. The maximum Gasteiger partial charge on any atom is 0.267 e. The molecule has 0 unspecified atom stereocenters. The molecule has 1 aromatic carbocycles. The first kappa shape index (κ1) is 13.5. The molecule has 1 aromatic heterocycles. The number of nitrogen functional groups attached to an aromatic ring is 1. The third-order valence-corrected chi connectivity index (χ3v) is 3.09. The molecule has 0 bridgehead atoms. The molecule has 0 radical (unpaired) electrons. The number of rotatable bonds is 3. The molecule has 0 spiro atoms. The van der Waals surface area contributed by atoms with Crippen LogP contribution >= 0.6 is 0 Å². The average molecular weight is 259 g/mol. The van der Waals surface area contributed by atoms with E-state index in [2.05, 4.69) is 31.1 Å². The number of fused-ring (bicyclic) bond motifs is 1. The SMILES string of the molecule is CC(C)(C)CCNC(=O)c1cc2cccc(N)c2[nH]1. The van der Waals surface area contributed by atoms with Gasteiger partial charge in [-0.25, -0.2) is 0 Å². The molecule has 4 heteroatoms. The van der Waals surface area contributed by atoms with E-state index < -0.39 is 0 Å². The number of hydrogen-bond donors (Lipinski definition) is 3. The fourth-order valence-corrected chi connectivity index (χ4v) is 1.95. The van der Waals surface area contributed by atoms with Gasteiger partial charge < -0.3 is 16.0 Å². The van der Waals surface area contributed by atoms with Gasteiger partial charge in [0, 0.05) is 11.9 Å². The number of para-hydroxylation sites is 1. The Bertz CT molecular complexity index is 593. The summed E-state index contributed by atoms with van der Waals surface area (Å²) >= 11 is 0. The summed E-state index contributed by atoms with van der Waals surface area (Å²) in [5.41, 5.74) is 8.12. The lowest BCUT2D eigenvalue weighted by Crippen LogP contribution is -2.27. The standard InChI is InChI=1S/C15H21N3O/c1-15(2,3)7-8-17-14(19)12-9-10-5-4-6-11(16)13(10)18-12/h4-6,9,18H,7-8,16H2,1-3H3,(H,17,19). The molecule has 2 aromatic rings. The first-order chi connectivity index (χ1) is 8.87. The number of aromatic amines is 1. The molecule has 4 nitrogen and oxygen atoms in total. The van der Waals surface area contributed by atoms with Gasteiger partial charge in [-0.05, 0) is 24.0 Å². The summed E-state index contributed by atoms with van der Waals surface area (Å²) in [6.45, 7) is 7.14. The summed E-state index contributed by atoms with van der Waals surface area (Å²) in [7, 11) is 0. The number of hydrogen-bond acceptors (Lipinski definition) is 2. The number of anilines is 1. The predicted molar refractivity (Wildman–Crippen MR) is 79.1 cm³/mol. The van der Waals surface area contributed by atoms with Crippen LogP contribution < -0.4 is 11.1 Å². The van der Waals surface area contributed by atoms with E-state index in [1.165, 1.54) is 0 Å². The van der Waals surface area contributed by atoms with Crippen molar-refractivity contribution in [2.45, 2.75) is 27.2 Å². The summed E-state index contributed by atoms with van der Waals surface area (Å²) in [6, 6.07) is 7.47. The molecule has 0 aliphatic rings. The van der Waals surface area contributed by atoms with Crippen molar-refractivity contribution >= 4 is 22.5 Å². The lowest BCUT2D eigenvalue weighted by atomic mass is 9.92.